The van der Waals surface area contributed by atoms with E-state index in [0.717, 1.165) is 9.99 Å². The third kappa shape index (κ3) is 6.86. The van der Waals surface area contributed by atoms with Gasteiger partial charge in [0, 0.05) is 31.7 Å². The van der Waals surface area contributed by atoms with Crippen molar-refractivity contribution in [2.75, 3.05) is 19.8 Å². The van der Waals surface area contributed by atoms with Gasteiger partial charge in [0.15, 0.2) is 0 Å². The highest BCUT2D eigenvalue weighted by Crippen LogP contribution is 2.31. The SMILES string of the molecule is O=C(NCCO)C1=C[C@H](Oc2ccccc2I)[C@@H](O)[C@H](N(Cc2ccc(F)cc2)C(=O)C2CCCO2)C1. The van der Waals surface area contributed by atoms with Crippen molar-refractivity contribution in [3.63, 3.8) is 0 Å². The predicted molar refractivity (Wildman–Crippen MR) is 142 cm³/mol. The van der Waals surface area contributed by atoms with E-state index in [1.54, 1.807) is 24.3 Å². The maximum Gasteiger partial charge on any atom is 0.252 e. The molecule has 4 atom stereocenters. The summed E-state index contributed by atoms with van der Waals surface area (Å²) in [4.78, 5) is 28.1. The maximum atomic E-state index is 13.6. The lowest BCUT2D eigenvalue weighted by Crippen LogP contribution is -2.56. The molecule has 1 saturated heterocycles. The van der Waals surface area contributed by atoms with Gasteiger partial charge in [-0.3, -0.25) is 9.59 Å². The van der Waals surface area contributed by atoms with E-state index in [4.69, 9.17) is 14.6 Å². The molecule has 0 bridgehead atoms. The van der Waals surface area contributed by atoms with Crippen molar-refractivity contribution in [1.82, 2.24) is 10.2 Å². The van der Waals surface area contributed by atoms with E-state index in [-0.39, 0.29) is 32.0 Å². The van der Waals surface area contributed by atoms with Crippen molar-refractivity contribution >= 4 is 34.4 Å². The van der Waals surface area contributed by atoms with Gasteiger partial charge in [-0.15, -0.1) is 0 Å². The van der Waals surface area contributed by atoms with Crippen LogP contribution in [0.1, 0.15) is 24.8 Å². The molecule has 1 fully saturated rings. The van der Waals surface area contributed by atoms with Crippen LogP contribution < -0.4 is 10.1 Å². The molecule has 2 aromatic rings. The Hall–Kier alpha value is -2.54. The zero-order valence-corrected chi connectivity index (χ0v) is 22.3. The fraction of sp³-hybridized carbons (Fsp3) is 0.407. The van der Waals surface area contributed by atoms with Crippen LogP contribution in [0, 0.1) is 9.39 Å². The smallest absolute Gasteiger partial charge is 0.252 e. The summed E-state index contributed by atoms with van der Waals surface area (Å²) in [6.07, 6.45) is 0.228. The first kappa shape index (κ1) is 27.5. The molecule has 10 heteroatoms. The Morgan fingerprint density at radius 1 is 1.19 bits per heavy atom. The lowest BCUT2D eigenvalue weighted by molar-refractivity contribution is -0.149. The molecule has 1 unspecified atom stereocenters. The highest BCUT2D eigenvalue weighted by molar-refractivity contribution is 14.1. The average molecular weight is 624 g/mol. The number of ether oxygens (including phenoxy) is 2. The van der Waals surface area contributed by atoms with Crippen molar-refractivity contribution in [3.8, 4) is 5.75 Å². The van der Waals surface area contributed by atoms with Crippen LogP contribution in [-0.4, -0.2) is 71.0 Å². The molecule has 2 amide bonds. The number of halogens is 2. The number of amides is 2. The van der Waals surface area contributed by atoms with Gasteiger partial charge in [0.25, 0.3) is 5.91 Å². The second kappa shape index (κ2) is 12.8. The van der Waals surface area contributed by atoms with E-state index < -0.39 is 36.1 Å². The Kier molecular flexibility index (Phi) is 9.52. The van der Waals surface area contributed by atoms with Crippen molar-refractivity contribution in [2.45, 2.75) is 50.2 Å². The molecule has 1 heterocycles. The van der Waals surface area contributed by atoms with E-state index in [1.807, 2.05) is 18.2 Å². The fourth-order valence-corrected chi connectivity index (χ4v) is 5.08. The minimum Gasteiger partial charge on any atom is -0.482 e. The number of para-hydroxylation sites is 1. The summed E-state index contributed by atoms with van der Waals surface area (Å²) >= 11 is 2.13. The summed E-state index contributed by atoms with van der Waals surface area (Å²) < 4.78 is 26.2. The van der Waals surface area contributed by atoms with E-state index in [0.29, 0.717) is 29.9 Å². The maximum absolute atomic E-state index is 13.6. The number of hydrogen-bond donors (Lipinski definition) is 3. The molecule has 8 nitrogen and oxygen atoms in total. The normalized spacial score (nSPS) is 23.3. The minimum absolute atomic E-state index is 0.0691. The number of carbonyl (C=O) groups is 2. The summed E-state index contributed by atoms with van der Waals surface area (Å²) in [5.74, 6) is -0.561. The quantitative estimate of drug-likeness (QED) is 0.371. The summed E-state index contributed by atoms with van der Waals surface area (Å²) in [6.45, 7) is 0.420. The van der Waals surface area contributed by atoms with Crippen LogP contribution in [0.15, 0.2) is 60.2 Å². The highest BCUT2D eigenvalue weighted by atomic mass is 127. The summed E-state index contributed by atoms with van der Waals surface area (Å²) in [7, 11) is 0. The molecule has 2 aliphatic rings. The lowest BCUT2D eigenvalue weighted by Gasteiger charge is -2.41. The molecule has 2 aromatic carbocycles. The monoisotopic (exact) mass is 624 g/mol. The van der Waals surface area contributed by atoms with Crippen LogP contribution in [0.4, 0.5) is 4.39 Å². The Labute approximate surface area is 228 Å². The Balaban J connectivity index is 1.68. The molecule has 3 N–H and O–H groups in total. The number of benzene rings is 2. The zero-order chi connectivity index (χ0) is 26.4. The molecule has 0 spiro atoms. The number of nitrogens with zero attached hydrogens (tertiary/aromatic N) is 1. The summed E-state index contributed by atoms with van der Waals surface area (Å²) in [5, 5.41) is 23.3. The van der Waals surface area contributed by atoms with Crippen LogP contribution >= 0.6 is 22.6 Å². The Morgan fingerprint density at radius 2 is 1.95 bits per heavy atom. The van der Waals surface area contributed by atoms with Gasteiger partial charge in [-0.05, 0) is 71.3 Å². The van der Waals surface area contributed by atoms with E-state index in [2.05, 4.69) is 27.9 Å². The molecule has 1 aliphatic carbocycles. The minimum atomic E-state index is -1.16. The van der Waals surface area contributed by atoms with Crippen molar-refractivity contribution in [1.29, 1.82) is 0 Å². The molecular formula is C27H30FIN2O6. The number of hydrogen-bond acceptors (Lipinski definition) is 6. The standard InChI is InChI=1S/C27H30FIN2O6/c28-19-9-7-17(8-10-19)16-31(27(35)23-6-3-13-36-23)21-14-18(26(34)30-11-12-32)15-24(25(21)33)37-22-5-2-1-4-20(22)29/h1-2,4-5,7-10,15,21,23-25,32-33H,3,6,11-14,16H2,(H,30,34)/t21-,23?,24+,25+/m1/s1. The lowest BCUT2D eigenvalue weighted by atomic mass is 9.87. The third-order valence-corrected chi connectivity index (χ3v) is 7.36. The second-order valence-electron chi connectivity index (χ2n) is 9.04. The predicted octanol–water partition coefficient (Wildman–Crippen LogP) is 2.55. The Morgan fingerprint density at radius 3 is 2.62 bits per heavy atom. The molecule has 0 aromatic heterocycles. The van der Waals surface area contributed by atoms with Crippen molar-refractivity contribution in [3.05, 3.63) is 75.1 Å². The highest BCUT2D eigenvalue weighted by Gasteiger charge is 2.42. The van der Waals surface area contributed by atoms with Crippen molar-refractivity contribution < 1.29 is 33.7 Å². The third-order valence-electron chi connectivity index (χ3n) is 6.47. The number of nitrogens with one attached hydrogen (secondary N) is 1. The summed E-state index contributed by atoms with van der Waals surface area (Å²) in [6, 6.07) is 12.3. The van der Waals surface area contributed by atoms with Gasteiger partial charge in [-0.2, -0.15) is 0 Å². The fourth-order valence-electron chi connectivity index (χ4n) is 4.57. The first-order valence-corrected chi connectivity index (χ1v) is 13.3. The van der Waals surface area contributed by atoms with Crippen molar-refractivity contribution in [2.24, 2.45) is 0 Å². The van der Waals surface area contributed by atoms with Gasteiger partial charge in [0.1, 0.15) is 29.9 Å². The molecule has 37 heavy (non-hydrogen) atoms. The van der Waals surface area contributed by atoms with E-state index in [9.17, 15) is 19.1 Å². The molecule has 0 radical (unpaired) electrons. The van der Waals surface area contributed by atoms with Gasteiger partial charge in [-0.1, -0.05) is 24.3 Å². The first-order chi connectivity index (χ1) is 17.9. The van der Waals surface area contributed by atoms with Gasteiger partial charge in [0.2, 0.25) is 5.91 Å². The molecular weight excluding hydrogens is 594 g/mol. The summed E-state index contributed by atoms with van der Waals surface area (Å²) in [5.41, 5.74) is 1.01. The number of aliphatic hydroxyl groups is 2. The van der Waals surface area contributed by atoms with Crippen LogP contribution in [0.2, 0.25) is 0 Å². The topological polar surface area (TPSA) is 108 Å². The Bertz CT molecular complexity index is 1120. The molecule has 0 saturated carbocycles. The van der Waals surface area contributed by atoms with Crippen LogP contribution in [0.25, 0.3) is 0 Å². The van der Waals surface area contributed by atoms with Crippen LogP contribution in [0.5, 0.6) is 5.75 Å². The van der Waals surface area contributed by atoms with Crippen LogP contribution in [-0.2, 0) is 20.9 Å². The second-order valence-corrected chi connectivity index (χ2v) is 10.2. The molecule has 1 aliphatic heterocycles. The molecule has 198 valence electrons. The average Bonchev–Trinajstić information content (AvgIpc) is 3.44. The number of carbonyl (C=O) groups excluding carboxylic acids is 2. The van der Waals surface area contributed by atoms with Gasteiger partial charge in [0.05, 0.1) is 16.2 Å². The first-order valence-electron chi connectivity index (χ1n) is 12.2. The van der Waals surface area contributed by atoms with Gasteiger partial charge < -0.3 is 29.9 Å². The van der Waals surface area contributed by atoms with E-state index in [1.165, 1.54) is 17.0 Å². The van der Waals surface area contributed by atoms with Gasteiger partial charge in [-0.25, -0.2) is 4.39 Å². The van der Waals surface area contributed by atoms with E-state index >= 15 is 0 Å². The molecule has 4 rings (SSSR count). The van der Waals surface area contributed by atoms with Gasteiger partial charge >= 0.3 is 0 Å². The zero-order valence-electron chi connectivity index (χ0n) is 20.2. The largest absolute Gasteiger partial charge is 0.482 e. The number of aliphatic hydroxyl groups excluding tert-OH is 2. The number of rotatable bonds is 9. The van der Waals surface area contributed by atoms with Crippen LogP contribution in [0.3, 0.4) is 0 Å².